The number of hydrogen-bond acceptors (Lipinski definition) is 5. The summed E-state index contributed by atoms with van der Waals surface area (Å²) < 4.78 is 10.9. The summed E-state index contributed by atoms with van der Waals surface area (Å²) in [6.45, 7) is 1.93. The number of rotatable bonds is 4. The van der Waals surface area contributed by atoms with Crippen LogP contribution in [-0.4, -0.2) is 25.7 Å². The Kier molecular flexibility index (Phi) is 3.86. The van der Waals surface area contributed by atoms with E-state index in [1.54, 1.807) is 0 Å². The molecule has 1 atom stereocenters. The quantitative estimate of drug-likeness (QED) is 0.909. The van der Waals surface area contributed by atoms with Crippen molar-refractivity contribution in [3.8, 4) is 11.5 Å². The summed E-state index contributed by atoms with van der Waals surface area (Å²) in [5.41, 5.74) is 8.88. The highest BCUT2D eigenvalue weighted by atomic mass is 16.7. The molecule has 2 aromatic rings. The first kappa shape index (κ1) is 14.1. The molecule has 0 saturated carbocycles. The Bertz CT molecular complexity index is 715. The maximum absolute atomic E-state index is 5.53. The molecular formula is C18H19N3O2. The van der Waals surface area contributed by atoms with Gasteiger partial charge in [0, 0.05) is 12.5 Å². The molecule has 5 nitrogen and oxygen atoms in total. The van der Waals surface area contributed by atoms with Crippen LogP contribution in [-0.2, 0) is 6.42 Å². The lowest BCUT2D eigenvalue weighted by molar-refractivity contribution is 0.174. The summed E-state index contributed by atoms with van der Waals surface area (Å²) in [5.74, 6) is 2.74. The van der Waals surface area contributed by atoms with Crippen LogP contribution in [0.3, 0.4) is 0 Å². The minimum absolute atomic E-state index is 0.152. The summed E-state index contributed by atoms with van der Waals surface area (Å²) in [6.07, 6.45) is 0.883. The molecule has 0 saturated heterocycles. The zero-order chi connectivity index (χ0) is 15.5. The third-order valence-electron chi connectivity index (χ3n) is 4.15. The van der Waals surface area contributed by atoms with Crippen molar-refractivity contribution in [3.63, 3.8) is 0 Å². The van der Waals surface area contributed by atoms with E-state index in [1.807, 2.05) is 12.1 Å². The van der Waals surface area contributed by atoms with Gasteiger partial charge in [0.25, 0.3) is 0 Å². The van der Waals surface area contributed by atoms with Gasteiger partial charge in [-0.15, -0.1) is 0 Å². The van der Waals surface area contributed by atoms with Gasteiger partial charge in [-0.3, -0.25) is 4.99 Å². The zero-order valence-corrected chi connectivity index (χ0v) is 12.8. The van der Waals surface area contributed by atoms with Crippen molar-refractivity contribution in [2.45, 2.75) is 12.3 Å². The van der Waals surface area contributed by atoms with Crippen molar-refractivity contribution >= 4 is 5.84 Å². The van der Waals surface area contributed by atoms with Crippen LogP contribution in [0.15, 0.2) is 53.5 Å². The molecule has 2 aromatic carbocycles. The van der Waals surface area contributed by atoms with Crippen molar-refractivity contribution in [2.24, 2.45) is 4.99 Å². The lowest BCUT2D eigenvalue weighted by atomic mass is 9.90. The number of benzene rings is 2. The van der Waals surface area contributed by atoms with Gasteiger partial charge in [0.2, 0.25) is 6.79 Å². The maximum atomic E-state index is 5.53. The van der Waals surface area contributed by atoms with Crippen molar-refractivity contribution in [3.05, 3.63) is 59.7 Å². The van der Waals surface area contributed by atoms with Crippen LogP contribution >= 0.6 is 0 Å². The fraction of sp³-hybridized carbons (Fsp3) is 0.278. The lowest BCUT2D eigenvalue weighted by Gasteiger charge is -2.24. The summed E-state index contributed by atoms with van der Waals surface area (Å²) in [6, 6.07) is 16.6. The molecule has 2 N–H and O–H groups in total. The van der Waals surface area contributed by atoms with E-state index in [-0.39, 0.29) is 5.92 Å². The van der Waals surface area contributed by atoms with Crippen molar-refractivity contribution in [2.75, 3.05) is 19.9 Å². The monoisotopic (exact) mass is 309 g/mol. The smallest absolute Gasteiger partial charge is 0.231 e. The van der Waals surface area contributed by atoms with Gasteiger partial charge < -0.3 is 14.9 Å². The van der Waals surface area contributed by atoms with Gasteiger partial charge in [-0.2, -0.15) is 0 Å². The molecule has 2 aliphatic rings. The molecule has 118 valence electrons. The van der Waals surface area contributed by atoms with Crippen molar-refractivity contribution in [1.82, 2.24) is 10.9 Å². The highest BCUT2D eigenvalue weighted by molar-refractivity contribution is 5.89. The van der Waals surface area contributed by atoms with E-state index in [9.17, 15) is 0 Å². The number of amidine groups is 1. The molecule has 1 unspecified atom stereocenters. The maximum Gasteiger partial charge on any atom is 0.231 e. The summed E-state index contributed by atoms with van der Waals surface area (Å²) in [5, 5.41) is 0. The Morgan fingerprint density at radius 1 is 1.04 bits per heavy atom. The van der Waals surface area contributed by atoms with E-state index < -0.39 is 0 Å². The van der Waals surface area contributed by atoms with Gasteiger partial charge in [-0.25, -0.2) is 5.43 Å². The number of aliphatic imine (C=N–C) groups is 1. The van der Waals surface area contributed by atoms with E-state index >= 15 is 0 Å². The third kappa shape index (κ3) is 3.00. The van der Waals surface area contributed by atoms with E-state index in [0.717, 1.165) is 36.8 Å². The Morgan fingerprint density at radius 2 is 1.91 bits per heavy atom. The van der Waals surface area contributed by atoms with E-state index in [4.69, 9.17) is 9.47 Å². The number of nitrogens with one attached hydrogen (secondary N) is 2. The second-order valence-corrected chi connectivity index (χ2v) is 5.67. The molecule has 4 rings (SSSR count). The lowest BCUT2D eigenvalue weighted by Crippen LogP contribution is -2.46. The van der Waals surface area contributed by atoms with Gasteiger partial charge in [0.05, 0.1) is 6.54 Å². The normalized spacial score (nSPS) is 17.3. The zero-order valence-electron chi connectivity index (χ0n) is 12.8. The molecule has 0 fully saturated rings. The molecule has 0 aliphatic carbocycles. The van der Waals surface area contributed by atoms with Gasteiger partial charge in [-0.05, 0) is 29.7 Å². The predicted octanol–water partition coefficient (Wildman–Crippen LogP) is 2.25. The number of hydrazine groups is 1. The summed E-state index contributed by atoms with van der Waals surface area (Å²) in [7, 11) is 0. The predicted molar refractivity (Wildman–Crippen MR) is 88.9 cm³/mol. The van der Waals surface area contributed by atoms with Crippen molar-refractivity contribution in [1.29, 1.82) is 0 Å². The van der Waals surface area contributed by atoms with Crippen LogP contribution in [0.2, 0.25) is 0 Å². The van der Waals surface area contributed by atoms with Gasteiger partial charge in [0.1, 0.15) is 5.84 Å². The van der Waals surface area contributed by atoms with E-state index in [2.05, 4.69) is 52.2 Å². The van der Waals surface area contributed by atoms with Gasteiger partial charge in [-0.1, -0.05) is 36.4 Å². The highest BCUT2D eigenvalue weighted by Crippen LogP contribution is 2.35. The minimum Gasteiger partial charge on any atom is -0.454 e. The molecule has 5 heteroatoms. The molecule has 23 heavy (non-hydrogen) atoms. The SMILES string of the molecule is c1ccc(CC(C2=NCCNN2)c2ccc3c(c2)OCO3)cc1. The standard InChI is InChI=1S/C18H19N3O2/c1-2-4-13(5-3-1)10-15(18-19-8-9-20-21-18)14-6-7-16-17(11-14)23-12-22-16/h1-7,11,15,20H,8-10,12H2,(H,19,21). The van der Waals surface area contributed by atoms with Crippen molar-refractivity contribution < 1.29 is 9.47 Å². The van der Waals surface area contributed by atoms with Crippen LogP contribution in [0.25, 0.3) is 0 Å². The molecule has 0 bridgehead atoms. The molecular weight excluding hydrogens is 290 g/mol. The Hall–Kier alpha value is -2.53. The number of ether oxygens (including phenoxy) is 2. The fourth-order valence-corrected chi connectivity index (χ4v) is 2.97. The van der Waals surface area contributed by atoms with E-state index in [1.165, 1.54) is 11.1 Å². The minimum atomic E-state index is 0.152. The molecule has 2 heterocycles. The molecule has 0 radical (unpaired) electrons. The molecule has 0 spiro atoms. The third-order valence-corrected chi connectivity index (χ3v) is 4.15. The second kappa shape index (κ2) is 6.30. The fourth-order valence-electron chi connectivity index (χ4n) is 2.97. The molecule has 2 aliphatic heterocycles. The van der Waals surface area contributed by atoms with Gasteiger partial charge >= 0.3 is 0 Å². The van der Waals surface area contributed by atoms with Crippen LogP contribution in [0.1, 0.15) is 17.0 Å². The van der Waals surface area contributed by atoms with Crippen LogP contribution < -0.4 is 20.3 Å². The first-order valence-electron chi connectivity index (χ1n) is 7.87. The molecule has 0 amide bonds. The first-order chi connectivity index (χ1) is 11.4. The van der Waals surface area contributed by atoms with Crippen LogP contribution in [0.5, 0.6) is 11.5 Å². The first-order valence-corrected chi connectivity index (χ1v) is 7.87. The average Bonchev–Trinajstić information content (AvgIpc) is 3.09. The number of hydrogen-bond donors (Lipinski definition) is 2. The van der Waals surface area contributed by atoms with Gasteiger partial charge in [0.15, 0.2) is 11.5 Å². The summed E-state index contributed by atoms with van der Waals surface area (Å²) >= 11 is 0. The number of nitrogens with zero attached hydrogens (tertiary/aromatic N) is 1. The van der Waals surface area contributed by atoms with Crippen LogP contribution in [0.4, 0.5) is 0 Å². The Morgan fingerprint density at radius 3 is 2.74 bits per heavy atom. The average molecular weight is 309 g/mol. The summed E-state index contributed by atoms with van der Waals surface area (Å²) in [4.78, 5) is 4.67. The van der Waals surface area contributed by atoms with E-state index in [0.29, 0.717) is 6.79 Å². The number of fused-ring (bicyclic) bond motifs is 1. The molecule has 0 aromatic heterocycles. The second-order valence-electron chi connectivity index (χ2n) is 5.67. The van der Waals surface area contributed by atoms with Crippen LogP contribution in [0, 0.1) is 0 Å². The largest absolute Gasteiger partial charge is 0.454 e. The Labute approximate surface area is 135 Å². The topological polar surface area (TPSA) is 54.9 Å². The highest BCUT2D eigenvalue weighted by Gasteiger charge is 2.23. The Balaban J connectivity index is 1.68.